The smallest absolute Gasteiger partial charge is 0.410 e. The molecule has 46 heavy (non-hydrogen) atoms. The van der Waals surface area contributed by atoms with Crippen molar-refractivity contribution in [1.29, 1.82) is 0 Å². The van der Waals surface area contributed by atoms with E-state index in [4.69, 9.17) is 14.5 Å². The summed E-state index contributed by atoms with van der Waals surface area (Å²) in [7, 11) is -3.64. The minimum Gasteiger partial charge on any atom is -0.444 e. The van der Waals surface area contributed by atoms with Gasteiger partial charge in [-0.15, -0.1) is 0 Å². The summed E-state index contributed by atoms with van der Waals surface area (Å²) in [4.78, 5) is 28.1. The zero-order chi connectivity index (χ0) is 32.5. The summed E-state index contributed by atoms with van der Waals surface area (Å²) >= 11 is 0. The van der Waals surface area contributed by atoms with Gasteiger partial charge in [0, 0.05) is 55.4 Å². The van der Waals surface area contributed by atoms with Crippen LogP contribution in [-0.2, 0) is 14.9 Å². The summed E-state index contributed by atoms with van der Waals surface area (Å²) in [5.74, 6) is 1.35. The Hall–Kier alpha value is -4.49. The lowest BCUT2D eigenvalue weighted by atomic mass is 10.0. The van der Waals surface area contributed by atoms with E-state index in [-0.39, 0.29) is 12.1 Å². The molecule has 0 spiro atoms. The number of likely N-dealkylation sites (tertiary alicyclic amines) is 1. The van der Waals surface area contributed by atoms with Gasteiger partial charge in [0.05, 0.1) is 16.9 Å². The molecule has 2 aliphatic heterocycles. The molecule has 0 saturated carbocycles. The van der Waals surface area contributed by atoms with E-state index < -0.39 is 15.8 Å². The van der Waals surface area contributed by atoms with E-state index in [0.717, 1.165) is 30.2 Å². The summed E-state index contributed by atoms with van der Waals surface area (Å²) in [6.07, 6.45) is 5.57. The number of fused-ring (bicyclic) bond motifs is 1. The Morgan fingerprint density at radius 2 is 1.78 bits per heavy atom. The van der Waals surface area contributed by atoms with Gasteiger partial charge in [-0.3, -0.25) is 4.72 Å². The molecule has 1 unspecified atom stereocenters. The Morgan fingerprint density at radius 1 is 0.957 bits per heavy atom. The first kappa shape index (κ1) is 31.5. The Bertz CT molecular complexity index is 1860. The van der Waals surface area contributed by atoms with Gasteiger partial charge in [0.25, 0.3) is 0 Å². The average molecular weight is 646 g/mol. The molecule has 0 bridgehead atoms. The molecule has 2 aromatic carbocycles. The van der Waals surface area contributed by atoms with E-state index in [0.29, 0.717) is 66.1 Å². The molecule has 4 heterocycles. The van der Waals surface area contributed by atoms with Crippen LogP contribution in [0, 0.1) is 6.92 Å². The average Bonchev–Trinajstić information content (AvgIpc) is 2.97. The maximum absolute atomic E-state index is 12.9. The largest absolute Gasteiger partial charge is 0.444 e. The van der Waals surface area contributed by atoms with Crippen LogP contribution in [0.4, 0.5) is 16.4 Å². The SMILES string of the molecule is Cc1ccc2c(NS(=O)(=O)N3CCC3)cccc2c1Oc1ncccc1-c1ccnc(NC2CCCN(C(=O)OC(C)(C)C)C2)n1. The van der Waals surface area contributed by atoms with Gasteiger partial charge >= 0.3 is 16.3 Å². The van der Waals surface area contributed by atoms with Crippen molar-refractivity contribution in [2.45, 2.75) is 58.6 Å². The molecule has 242 valence electrons. The summed E-state index contributed by atoms with van der Waals surface area (Å²) < 4.78 is 41.9. The summed E-state index contributed by atoms with van der Waals surface area (Å²) in [5.41, 5.74) is 2.06. The lowest BCUT2D eigenvalue weighted by Gasteiger charge is -2.34. The summed E-state index contributed by atoms with van der Waals surface area (Å²) in [6, 6.07) is 14.7. The second-order valence-electron chi connectivity index (χ2n) is 12.6. The molecule has 2 N–H and O–H groups in total. The molecule has 2 aromatic heterocycles. The van der Waals surface area contributed by atoms with E-state index in [1.165, 1.54) is 4.31 Å². The molecule has 2 saturated heterocycles. The molecular formula is C33H39N7O5S. The van der Waals surface area contributed by atoms with Gasteiger partial charge in [-0.1, -0.05) is 24.3 Å². The van der Waals surface area contributed by atoms with Crippen LogP contribution in [0.3, 0.4) is 0 Å². The summed E-state index contributed by atoms with van der Waals surface area (Å²) in [6.45, 7) is 9.67. The van der Waals surface area contributed by atoms with Gasteiger partial charge in [-0.2, -0.15) is 12.7 Å². The number of aryl methyl sites for hydroxylation is 1. The van der Waals surface area contributed by atoms with Crippen molar-refractivity contribution in [2.75, 3.05) is 36.2 Å². The Labute approximate surface area is 269 Å². The number of benzene rings is 2. The molecule has 13 heteroatoms. The van der Waals surface area contributed by atoms with E-state index in [1.807, 2.05) is 58.0 Å². The molecule has 4 aromatic rings. The predicted molar refractivity (Wildman–Crippen MR) is 177 cm³/mol. The molecule has 0 radical (unpaired) electrons. The van der Waals surface area contributed by atoms with Crippen LogP contribution in [-0.4, -0.2) is 76.5 Å². The van der Waals surface area contributed by atoms with E-state index >= 15 is 0 Å². The monoisotopic (exact) mass is 645 g/mol. The number of pyridine rings is 1. The number of ether oxygens (including phenoxy) is 2. The van der Waals surface area contributed by atoms with Crippen molar-refractivity contribution in [2.24, 2.45) is 0 Å². The molecular weight excluding hydrogens is 606 g/mol. The number of hydrogen-bond acceptors (Lipinski definition) is 9. The van der Waals surface area contributed by atoms with Crippen LogP contribution in [0.25, 0.3) is 22.0 Å². The topological polar surface area (TPSA) is 139 Å². The number of amides is 1. The molecule has 12 nitrogen and oxygen atoms in total. The quantitative estimate of drug-likeness (QED) is 0.237. The molecule has 0 aliphatic carbocycles. The summed E-state index contributed by atoms with van der Waals surface area (Å²) in [5, 5.41) is 4.85. The van der Waals surface area contributed by atoms with Crippen LogP contribution < -0.4 is 14.8 Å². The Balaban J connectivity index is 1.24. The van der Waals surface area contributed by atoms with Crippen molar-refractivity contribution in [3.8, 4) is 22.9 Å². The van der Waals surface area contributed by atoms with E-state index in [1.54, 1.807) is 35.5 Å². The van der Waals surface area contributed by atoms with E-state index in [9.17, 15) is 13.2 Å². The number of nitrogens with zero attached hydrogens (tertiary/aromatic N) is 5. The van der Waals surface area contributed by atoms with Crippen LogP contribution in [0.5, 0.6) is 11.6 Å². The standard InChI is InChI=1S/C33H39N7O5S/c1-22-13-14-24-25(10-5-12-28(24)38-46(42,43)40-19-8-20-40)29(22)44-30-26(11-6-16-34-30)27-15-17-35-31(37-27)36-23-9-7-18-39(21-23)32(41)45-33(2,3)4/h5-6,10-17,23,38H,7-9,18-21H2,1-4H3,(H,35,36,37). The van der Waals surface area contributed by atoms with Crippen molar-refractivity contribution in [3.05, 3.63) is 66.5 Å². The molecule has 2 aliphatic rings. The first-order valence-electron chi connectivity index (χ1n) is 15.5. The molecule has 1 amide bonds. The zero-order valence-corrected chi connectivity index (χ0v) is 27.3. The molecule has 1 atom stereocenters. The van der Waals surface area contributed by atoms with Gasteiger partial charge in [-0.25, -0.2) is 19.7 Å². The number of piperidine rings is 1. The third-order valence-corrected chi connectivity index (χ3v) is 9.43. The number of carbonyl (C=O) groups is 1. The molecule has 6 rings (SSSR count). The number of aromatic nitrogens is 3. The first-order chi connectivity index (χ1) is 22.0. The Morgan fingerprint density at radius 3 is 2.54 bits per heavy atom. The molecule has 2 fully saturated rings. The number of carbonyl (C=O) groups excluding carboxylic acids is 1. The van der Waals surface area contributed by atoms with Crippen LogP contribution in [0.15, 0.2) is 60.9 Å². The minimum absolute atomic E-state index is 0.0350. The van der Waals surface area contributed by atoms with Crippen LogP contribution in [0.1, 0.15) is 45.6 Å². The number of anilines is 2. The predicted octanol–water partition coefficient (Wildman–Crippen LogP) is 5.97. The number of rotatable bonds is 8. The van der Waals surface area contributed by atoms with Crippen LogP contribution >= 0.6 is 0 Å². The normalized spacial score (nSPS) is 17.3. The van der Waals surface area contributed by atoms with Crippen molar-refractivity contribution in [3.63, 3.8) is 0 Å². The maximum Gasteiger partial charge on any atom is 0.410 e. The van der Waals surface area contributed by atoms with Crippen LogP contribution in [0.2, 0.25) is 0 Å². The van der Waals surface area contributed by atoms with Gasteiger partial charge < -0.3 is 19.7 Å². The van der Waals surface area contributed by atoms with Gasteiger partial charge in [-0.05, 0) is 76.8 Å². The lowest BCUT2D eigenvalue weighted by molar-refractivity contribution is 0.0206. The number of hydrogen-bond donors (Lipinski definition) is 2. The van der Waals surface area contributed by atoms with Gasteiger partial charge in [0.2, 0.25) is 11.8 Å². The lowest BCUT2D eigenvalue weighted by Crippen LogP contribution is -2.47. The fourth-order valence-electron chi connectivity index (χ4n) is 5.51. The second-order valence-corrected chi connectivity index (χ2v) is 14.3. The third kappa shape index (κ3) is 7.00. The van der Waals surface area contributed by atoms with E-state index in [2.05, 4.69) is 20.0 Å². The van der Waals surface area contributed by atoms with Crippen molar-refractivity contribution < 1.29 is 22.7 Å². The number of nitrogens with one attached hydrogen (secondary N) is 2. The van der Waals surface area contributed by atoms with Gasteiger partial charge in [0.15, 0.2) is 0 Å². The highest BCUT2D eigenvalue weighted by molar-refractivity contribution is 7.90. The first-order valence-corrected chi connectivity index (χ1v) is 16.9. The fraction of sp³-hybridized carbons (Fsp3) is 0.394. The Kier molecular flexibility index (Phi) is 8.71. The third-order valence-electron chi connectivity index (χ3n) is 7.91. The fourth-order valence-corrected chi connectivity index (χ4v) is 6.83. The van der Waals surface area contributed by atoms with Crippen molar-refractivity contribution >= 4 is 38.7 Å². The highest BCUT2D eigenvalue weighted by atomic mass is 32.2. The van der Waals surface area contributed by atoms with Crippen molar-refractivity contribution in [1.82, 2.24) is 24.2 Å². The van der Waals surface area contributed by atoms with Gasteiger partial charge in [0.1, 0.15) is 11.4 Å². The maximum atomic E-state index is 12.9. The zero-order valence-electron chi connectivity index (χ0n) is 26.5. The minimum atomic E-state index is -3.64. The highest BCUT2D eigenvalue weighted by Gasteiger charge is 2.29. The highest BCUT2D eigenvalue weighted by Crippen LogP contribution is 2.39. The second kappa shape index (κ2) is 12.7.